The number of amides is 2. The Hall–Kier alpha value is -4.11. The van der Waals surface area contributed by atoms with E-state index in [0.717, 1.165) is 37.3 Å². The van der Waals surface area contributed by atoms with Crippen LogP contribution in [0, 0.1) is 5.92 Å². The molecule has 2 N–H and O–H groups in total. The van der Waals surface area contributed by atoms with Gasteiger partial charge in [-0.05, 0) is 42.2 Å². The Morgan fingerprint density at radius 2 is 1.69 bits per heavy atom. The predicted octanol–water partition coefficient (Wildman–Crippen LogP) is 4.07. The van der Waals surface area contributed by atoms with Gasteiger partial charge in [0.05, 0.1) is 18.8 Å². The van der Waals surface area contributed by atoms with Gasteiger partial charge in [-0.25, -0.2) is 9.97 Å². The molecular formula is C34H39F3N6O5. The van der Waals surface area contributed by atoms with Gasteiger partial charge in [0.1, 0.15) is 6.04 Å². The number of likely N-dealkylation sites (tertiary alicyclic amines) is 1. The summed E-state index contributed by atoms with van der Waals surface area (Å²) < 4.78 is 52.6. The summed E-state index contributed by atoms with van der Waals surface area (Å²) in [6.45, 7) is 5.67. The van der Waals surface area contributed by atoms with E-state index in [9.17, 15) is 27.9 Å². The van der Waals surface area contributed by atoms with Gasteiger partial charge in [-0.2, -0.15) is 13.2 Å². The lowest BCUT2D eigenvalue weighted by Crippen LogP contribution is -2.51. The van der Waals surface area contributed by atoms with Crippen LogP contribution in [0.2, 0.25) is 0 Å². The van der Waals surface area contributed by atoms with E-state index in [1.807, 2.05) is 30.3 Å². The van der Waals surface area contributed by atoms with Gasteiger partial charge in [-0.15, -0.1) is 0 Å². The summed E-state index contributed by atoms with van der Waals surface area (Å²) in [5.41, 5.74) is 2.70. The number of aromatic nitrogens is 2. The van der Waals surface area contributed by atoms with Crippen LogP contribution in [0.1, 0.15) is 48.8 Å². The molecule has 48 heavy (non-hydrogen) atoms. The highest BCUT2D eigenvalue weighted by Crippen LogP contribution is 2.42. The molecular weight excluding hydrogens is 629 g/mol. The van der Waals surface area contributed by atoms with Crippen molar-refractivity contribution >= 4 is 23.5 Å². The summed E-state index contributed by atoms with van der Waals surface area (Å²) in [7, 11) is 0. The number of aliphatic hydroxyl groups is 1. The zero-order chi connectivity index (χ0) is 33.8. The first kappa shape index (κ1) is 33.8. The molecule has 3 aromatic rings. The molecule has 3 aliphatic heterocycles. The molecule has 0 spiro atoms. The van der Waals surface area contributed by atoms with E-state index >= 15 is 0 Å². The molecule has 5 unspecified atom stereocenters. The van der Waals surface area contributed by atoms with Gasteiger partial charge in [0.25, 0.3) is 0 Å². The average Bonchev–Trinajstić information content (AvgIpc) is 3.59. The van der Waals surface area contributed by atoms with Crippen LogP contribution in [0.4, 0.5) is 24.8 Å². The van der Waals surface area contributed by atoms with Gasteiger partial charge in [-0.1, -0.05) is 43.3 Å². The van der Waals surface area contributed by atoms with E-state index in [-0.39, 0.29) is 37.7 Å². The number of hydrogen-bond donors (Lipinski definition) is 2. The number of rotatable bonds is 8. The molecule has 0 radical (unpaired) electrons. The number of halogens is 3. The maximum absolute atomic E-state index is 13.1. The number of alkyl halides is 3. The largest absolute Gasteiger partial charge is 0.471 e. The number of ether oxygens (including phenoxy) is 2. The van der Waals surface area contributed by atoms with Crippen LogP contribution < -0.4 is 10.2 Å². The molecule has 5 atom stereocenters. The monoisotopic (exact) mass is 668 g/mol. The highest BCUT2D eigenvalue weighted by atomic mass is 19.4. The van der Waals surface area contributed by atoms with Crippen LogP contribution >= 0.6 is 0 Å². The Kier molecular flexibility index (Phi) is 10.2. The number of hydrogen-bond acceptors (Lipinski definition) is 9. The molecule has 14 heteroatoms. The summed E-state index contributed by atoms with van der Waals surface area (Å²) in [4.78, 5) is 38.9. The third-order valence-corrected chi connectivity index (χ3v) is 9.25. The molecule has 2 aromatic carbocycles. The first-order valence-corrected chi connectivity index (χ1v) is 16.1. The smallest absolute Gasteiger partial charge is 0.392 e. The van der Waals surface area contributed by atoms with Crippen molar-refractivity contribution in [1.29, 1.82) is 0 Å². The minimum atomic E-state index is -5.05. The minimum absolute atomic E-state index is 0.0425. The van der Waals surface area contributed by atoms with Crippen LogP contribution in [-0.4, -0.2) is 94.3 Å². The summed E-state index contributed by atoms with van der Waals surface area (Å²) in [6.07, 6.45) is -2.52. The Balaban J connectivity index is 1.18. The number of nitrogens with zero attached hydrogens (tertiary/aromatic N) is 5. The van der Waals surface area contributed by atoms with E-state index < -0.39 is 30.3 Å². The third-order valence-electron chi connectivity index (χ3n) is 9.25. The van der Waals surface area contributed by atoms with Gasteiger partial charge in [0, 0.05) is 68.8 Å². The zero-order valence-corrected chi connectivity index (χ0v) is 26.6. The summed E-state index contributed by atoms with van der Waals surface area (Å²) >= 11 is 0. The first-order chi connectivity index (χ1) is 23.1. The molecule has 2 amide bonds. The lowest BCUT2D eigenvalue weighted by atomic mass is 9.90. The number of nitrogens with one attached hydrogen (secondary N) is 1. The molecule has 11 nitrogen and oxygen atoms in total. The van der Waals surface area contributed by atoms with Crippen molar-refractivity contribution < 1.29 is 37.3 Å². The number of carbonyl (C=O) groups excluding carboxylic acids is 2. The van der Waals surface area contributed by atoms with Crippen molar-refractivity contribution in [2.45, 2.75) is 57.1 Å². The average molecular weight is 669 g/mol. The van der Waals surface area contributed by atoms with Crippen LogP contribution in [-0.2, 0) is 25.7 Å². The third kappa shape index (κ3) is 7.62. The van der Waals surface area contributed by atoms with Crippen molar-refractivity contribution in [3.8, 4) is 0 Å². The fourth-order valence-corrected chi connectivity index (χ4v) is 6.60. The van der Waals surface area contributed by atoms with Crippen LogP contribution in [0.15, 0.2) is 67.0 Å². The summed E-state index contributed by atoms with van der Waals surface area (Å²) in [5.74, 6) is -2.02. The fraction of sp³-hybridized carbons (Fsp3) is 0.471. The fourth-order valence-electron chi connectivity index (χ4n) is 6.60. The Bertz CT molecular complexity index is 1550. The Morgan fingerprint density at radius 3 is 2.38 bits per heavy atom. The van der Waals surface area contributed by atoms with Crippen LogP contribution in [0.25, 0.3) is 0 Å². The zero-order valence-electron chi connectivity index (χ0n) is 26.6. The van der Waals surface area contributed by atoms with Gasteiger partial charge in [0.15, 0.2) is 6.29 Å². The second kappa shape index (κ2) is 14.6. The lowest BCUT2D eigenvalue weighted by Gasteiger charge is -2.44. The van der Waals surface area contributed by atoms with Gasteiger partial charge in [-0.3, -0.25) is 14.5 Å². The number of aliphatic hydroxyl groups excluding tert-OH is 1. The number of benzene rings is 2. The van der Waals surface area contributed by atoms with Gasteiger partial charge >= 0.3 is 12.1 Å². The first-order valence-electron chi connectivity index (χ1n) is 16.1. The van der Waals surface area contributed by atoms with Crippen molar-refractivity contribution in [3.05, 3.63) is 83.7 Å². The van der Waals surface area contributed by atoms with Crippen molar-refractivity contribution in [2.75, 3.05) is 49.5 Å². The molecule has 256 valence electrons. The molecule has 1 aromatic heterocycles. The minimum Gasteiger partial charge on any atom is -0.392 e. The van der Waals surface area contributed by atoms with E-state index in [0.29, 0.717) is 35.1 Å². The Morgan fingerprint density at radius 1 is 0.958 bits per heavy atom. The van der Waals surface area contributed by atoms with Gasteiger partial charge < -0.3 is 29.7 Å². The van der Waals surface area contributed by atoms with Gasteiger partial charge in [0.2, 0.25) is 11.9 Å². The predicted molar refractivity (Wildman–Crippen MR) is 170 cm³/mol. The Labute approximate surface area is 276 Å². The highest BCUT2D eigenvalue weighted by Gasteiger charge is 2.48. The molecule has 0 aliphatic carbocycles. The van der Waals surface area contributed by atoms with Crippen molar-refractivity contribution in [3.63, 3.8) is 0 Å². The quantitative estimate of drug-likeness (QED) is 0.366. The SMILES string of the molecule is CC1C(CN2CCN(c3ncccn3)CC2)OC(c2cccc(NC(=O)C3CCCN3C(=O)C(F)(F)F)c2)OC1c1ccc(CO)cc1. The number of carbonyl (C=O) groups is 2. The second-order valence-corrected chi connectivity index (χ2v) is 12.4. The van der Waals surface area contributed by atoms with Crippen molar-refractivity contribution in [2.24, 2.45) is 5.92 Å². The molecule has 3 saturated heterocycles. The van der Waals surface area contributed by atoms with Crippen LogP contribution in [0.3, 0.4) is 0 Å². The molecule has 0 bridgehead atoms. The lowest BCUT2D eigenvalue weighted by molar-refractivity contribution is -0.276. The molecule has 3 aliphatic rings. The van der Waals surface area contributed by atoms with E-state index in [1.165, 1.54) is 0 Å². The van der Waals surface area contributed by atoms with E-state index in [2.05, 4.69) is 32.0 Å². The summed E-state index contributed by atoms with van der Waals surface area (Å²) in [6, 6.07) is 15.0. The maximum Gasteiger partial charge on any atom is 0.471 e. The second-order valence-electron chi connectivity index (χ2n) is 12.4. The topological polar surface area (TPSA) is 120 Å². The molecule has 4 heterocycles. The molecule has 6 rings (SSSR count). The number of piperazine rings is 1. The molecule has 0 saturated carbocycles. The molecule has 3 fully saturated rings. The normalized spacial score (nSPS) is 25.2. The van der Waals surface area contributed by atoms with E-state index in [1.54, 1.807) is 36.7 Å². The summed E-state index contributed by atoms with van der Waals surface area (Å²) in [5, 5.41) is 12.3. The van der Waals surface area contributed by atoms with E-state index in [4.69, 9.17) is 9.47 Å². The standard InChI is InChI=1S/C34H39F3N6O5/c1-22-28(20-41-15-17-42(18-16-41)33-38-12-4-13-39-33)47-31(48-29(22)24-10-8-23(21-44)9-11-24)25-5-2-6-26(19-25)40-30(45)27-7-3-14-43(27)32(46)34(35,36)37/h2,4-6,8-13,19,22,27-29,31,44H,3,7,14-18,20-21H2,1H3,(H,40,45). The van der Waals surface area contributed by atoms with Crippen molar-refractivity contribution in [1.82, 2.24) is 19.8 Å². The maximum atomic E-state index is 13.1. The highest BCUT2D eigenvalue weighted by molar-refractivity contribution is 5.98. The number of anilines is 2. The van der Waals surface area contributed by atoms with Crippen LogP contribution in [0.5, 0.6) is 0 Å².